The molecule has 1 aromatic carbocycles. The number of alkyl halides is 3. The van der Waals surface area contributed by atoms with Crippen molar-refractivity contribution < 1.29 is 46.6 Å². The molecule has 66 heavy (non-hydrogen) atoms. The lowest BCUT2D eigenvalue weighted by atomic mass is 9.67. The number of amides is 4. The minimum absolute atomic E-state index is 0.0697. The van der Waals surface area contributed by atoms with Gasteiger partial charge in [-0.05, 0) is 67.9 Å². The van der Waals surface area contributed by atoms with Gasteiger partial charge in [-0.2, -0.15) is 0 Å². The van der Waals surface area contributed by atoms with E-state index in [4.69, 9.17) is 14.5 Å². The van der Waals surface area contributed by atoms with Crippen LogP contribution in [-0.2, 0) is 46.2 Å². The number of thiazole rings is 1. The first-order valence-corrected chi connectivity index (χ1v) is 22.9. The van der Waals surface area contributed by atoms with E-state index >= 15 is 13.2 Å². The third-order valence-electron chi connectivity index (χ3n) is 13.2. The lowest BCUT2D eigenvalue weighted by molar-refractivity contribution is -0.199. The molecule has 0 radical (unpaired) electrons. The molecule has 15 nitrogen and oxygen atoms in total. The molecule has 2 saturated heterocycles. The molecule has 2 N–H and O–H groups in total. The van der Waals surface area contributed by atoms with Crippen molar-refractivity contribution >= 4 is 51.8 Å². The normalized spacial score (nSPS) is 23.3. The minimum Gasteiger partial charge on any atom is -0.464 e. The molecule has 19 heteroatoms. The molecule has 4 aliphatic rings. The number of likely N-dealkylation sites (tertiary alicyclic amines) is 1. The number of likely N-dealkylation sites (N-methyl/N-ethyl adjacent to an activating group) is 1. The summed E-state index contributed by atoms with van der Waals surface area (Å²) in [5, 5.41) is 6.74. The van der Waals surface area contributed by atoms with Crippen LogP contribution >= 0.6 is 11.3 Å². The molecule has 6 atom stereocenters. The van der Waals surface area contributed by atoms with Crippen LogP contribution < -0.4 is 10.7 Å². The van der Waals surface area contributed by atoms with Gasteiger partial charge in [-0.1, -0.05) is 39.7 Å². The second-order valence-corrected chi connectivity index (χ2v) is 19.4. The molecule has 1 unspecified atom stereocenters. The molecule has 0 saturated carbocycles. The zero-order valence-electron chi connectivity index (χ0n) is 37.8. The average molecular weight is 931 g/mol. The summed E-state index contributed by atoms with van der Waals surface area (Å²) >= 11 is 1.22. The number of carbonyl (C=O) groups excluding carboxylic acids is 5. The van der Waals surface area contributed by atoms with E-state index in [9.17, 15) is 24.0 Å². The number of rotatable bonds is 6. The van der Waals surface area contributed by atoms with Crippen molar-refractivity contribution in [2.24, 2.45) is 17.3 Å². The van der Waals surface area contributed by atoms with Crippen LogP contribution in [0.25, 0.3) is 33.4 Å². The predicted octanol–water partition coefficient (Wildman–Crippen LogP) is 5.55. The van der Waals surface area contributed by atoms with Crippen LogP contribution in [0, 0.1) is 29.1 Å². The summed E-state index contributed by atoms with van der Waals surface area (Å²) in [5.41, 5.74) is 3.78. The molecular weight excluding hydrogens is 878 g/mol. The van der Waals surface area contributed by atoms with E-state index in [1.54, 1.807) is 50.4 Å². The molecule has 6 bridgehead atoms. The Bertz CT molecular complexity index is 2650. The Morgan fingerprint density at radius 3 is 2.62 bits per heavy atom. The molecule has 1 aliphatic carbocycles. The van der Waals surface area contributed by atoms with E-state index in [-0.39, 0.29) is 54.7 Å². The van der Waals surface area contributed by atoms with Gasteiger partial charge in [0, 0.05) is 79.6 Å². The average Bonchev–Trinajstić information content (AvgIpc) is 4.05. The zero-order chi connectivity index (χ0) is 47.4. The van der Waals surface area contributed by atoms with Gasteiger partial charge in [0.15, 0.2) is 0 Å². The van der Waals surface area contributed by atoms with Crippen molar-refractivity contribution in [1.29, 1.82) is 0 Å². The Hall–Kier alpha value is -5.84. The molecule has 2 fully saturated rings. The Morgan fingerprint density at radius 1 is 1.14 bits per heavy atom. The number of carbonyl (C=O) groups is 5. The summed E-state index contributed by atoms with van der Waals surface area (Å²) in [6, 6.07) is 4.69. The van der Waals surface area contributed by atoms with Crippen LogP contribution in [0.4, 0.5) is 13.2 Å². The summed E-state index contributed by atoms with van der Waals surface area (Å²) in [7, 11) is 3.02. The number of benzene rings is 1. The fourth-order valence-corrected chi connectivity index (χ4v) is 11.0. The van der Waals surface area contributed by atoms with Gasteiger partial charge in [0.05, 0.1) is 40.1 Å². The van der Waals surface area contributed by atoms with Crippen LogP contribution in [0.15, 0.2) is 41.9 Å². The highest BCUT2D eigenvalue weighted by molar-refractivity contribution is 7.10. The number of ether oxygens (including phenoxy) is 2. The highest BCUT2D eigenvalue weighted by Crippen LogP contribution is 2.58. The van der Waals surface area contributed by atoms with Crippen molar-refractivity contribution in [3.8, 4) is 34.4 Å². The summed E-state index contributed by atoms with van der Waals surface area (Å²) in [6.45, 7) is 9.30. The second kappa shape index (κ2) is 18.1. The number of pyridine rings is 1. The van der Waals surface area contributed by atoms with Crippen molar-refractivity contribution in [1.82, 2.24) is 40.1 Å². The predicted molar refractivity (Wildman–Crippen MR) is 238 cm³/mol. The van der Waals surface area contributed by atoms with Crippen LogP contribution in [-0.4, -0.2) is 117 Å². The van der Waals surface area contributed by atoms with E-state index < -0.39 is 71.5 Å². The number of hydrogen-bond acceptors (Lipinski definition) is 11. The molecule has 4 aromatic rings. The maximum absolute atomic E-state index is 15.4. The number of fused-ring (bicyclic) bond motifs is 8. The second-order valence-electron chi connectivity index (χ2n) is 18.4. The van der Waals surface area contributed by atoms with E-state index in [1.807, 2.05) is 13.8 Å². The molecule has 4 amide bonds. The smallest absolute Gasteiger partial charge is 0.464 e. The first-order valence-electron chi connectivity index (χ1n) is 22.1. The van der Waals surface area contributed by atoms with E-state index in [0.29, 0.717) is 63.3 Å². The number of cyclic esters (lactones) is 1. The molecule has 3 aromatic heterocycles. The number of aromatic nitrogens is 3. The van der Waals surface area contributed by atoms with E-state index in [0.717, 1.165) is 0 Å². The highest BCUT2D eigenvalue weighted by Gasteiger charge is 2.50. The third-order valence-corrected chi connectivity index (χ3v) is 14.1. The number of hydrazine groups is 1. The van der Waals surface area contributed by atoms with Crippen molar-refractivity contribution in [2.45, 2.75) is 96.7 Å². The van der Waals surface area contributed by atoms with Gasteiger partial charge in [0.1, 0.15) is 24.2 Å². The van der Waals surface area contributed by atoms with Gasteiger partial charge < -0.3 is 24.6 Å². The fraction of sp³-hybridized carbons (Fsp3) is 0.511. The van der Waals surface area contributed by atoms with Gasteiger partial charge in [-0.15, -0.1) is 24.5 Å². The molecule has 6 heterocycles. The first-order chi connectivity index (χ1) is 31.3. The van der Waals surface area contributed by atoms with Gasteiger partial charge in [0.2, 0.25) is 11.8 Å². The lowest BCUT2D eigenvalue weighted by Gasteiger charge is -2.42. The maximum Gasteiger partial charge on any atom is 0.489 e. The SMILES string of the molecule is CC#CC(=O)N1CC[C@H](C(=O)N(C)[C@H](C(=O)N[C@H]2Cc3nc(cs3)-c3ccc4c(c3)c3c(n4C(F)(F)F)-c4cccnc4[C@@H](OC)C3C(C)(C)COC(=O)[C@@H]3CCCN(N3)C2=O)C(C)C)C1. The minimum atomic E-state index is -4.84. The van der Waals surface area contributed by atoms with Crippen molar-refractivity contribution in [2.75, 3.05) is 40.4 Å². The molecule has 350 valence electrons. The largest absolute Gasteiger partial charge is 0.489 e. The van der Waals surface area contributed by atoms with E-state index in [1.165, 1.54) is 52.6 Å². The Kier molecular flexibility index (Phi) is 12.8. The van der Waals surface area contributed by atoms with E-state index in [2.05, 4.69) is 27.6 Å². The Labute approximate surface area is 384 Å². The monoisotopic (exact) mass is 930 g/mol. The number of methoxy groups -OCH3 is 1. The summed E-state index contributed by atoms with van der Waals surface area (Å²) in [6.07, 6.45) is -3.08. The molecular formula is C47H53F3N8O7S. The van der Waals surface area contributed by atoms with Crippen molar-refractivity contribution in [3.63, 3.8) is 0 Å². The summed E-state index contributed by atoms with van der Waals surface area (Å²) in [4.78, 5) is 81.7. The standard InChI is InChI=1S/C47H53F3N8O7S/c1-8-11-35(59)56-19-16-27(22-56)43(61)55(6)39(25(2)3)42(60)53-31-21-34-52-32(23-66-34)26-14-15-33-29(20-26)36-37(46(4,5)24-65-45(63)30-13-10-18-57(54-30)44(31)62)41(64-7)38-28(12-9-17-51-38)40(36)58(33)47(48,49)50/h9,12,14-15,17,20,23,25,27,30-31,37,39,41,54H,10,13,16,18-19,21-22,24H2,1-7H3,(H,53,60)/t27-,30-,31-,37?,39-,41-/m0/s1. The van der Waals surface area contributed by atoms with Crippen LogP contribution in [0.1, 0.15) is 82.2 Å². The summed E-state index contributed by atoms with van der Waals surface area (Å²) in [5.74, 6) is 0.898. The molecule has 3 aliphatic heterocycles. The number of esters is 1. The highest BCUT2D eigenvalue weighted by atomic mass is 32.1. The van der Waals surface area contributed by atoms with Gasteiger partial charge in [-0.25, -0.2) is 10.4 Å². The Balaban J connectivity index is 1.19. The summed E-state index contributed by atoms with van der Waals surface area (Å²) < 4.78 is 58.8. The van der Waals surface area contributed by atoms with Gasteiger partial charge in [0.25, 0.3) is 11.8 Å². The number of hydrogen-bond donors (Lipinski definition) is 2. The quantitative estimate of drug-likeness (QED) is 0.185. The fourth-order valence-electron chi connectivity index (χ4n) is 10.1. The molecule has 8 rings (SSSR count). The van der Waals surface area contributed by atoms with Gasteiger partial charge >= 0.3 is 12.3 Å². The van der Waals surface area contributed by atoms with Gasteiger partial charge in [-0.3, -0.25) is 38.5 Å². The van der Waals surface area contributed by atoms with Crippen LogP contribution in [0.2, 0.25) is 0 Å². The maximum atomic E-state index is 15.4. The Morgan fingerprint density at radius 2 is 1.91 bits per heavy atom. The number of nitrogens with zero attached hydrogens (tertiary/aromatic N) is 6. The molecule has 0 spiro atoms. The third kappa shape index (κ3) is 8.54. The lowest BCUT2D eigenvalue weighted by Crippen LogP contribution is -2.62. The zero-order valence-corrected chi connectivity index (χ0v) is 38.6. The van der Waals surface area contributed by atoms with Crippen molar-refractivity contribution in [3.05, 3.63) is 58.2 Å². The van der Waals surface area contributed by atoms with Crippen LogP contribution in [0.5, 0.6) is 0 Å². The topological polar surface area (TPSA) is 168 Å². The number of halogens is 3. The number of nitrogens with one attached hydrogen (secondary N) is 2. The van der Waals surface area contributed by atoms with Crippen LogP contribution in [0.3, 0.4) is 0 Å². The first kappa shape index (κ1) is 46.7.